The number of carbonyl (C=O) groups is 1. The summed E-state index contributed by atoms with van der Waals surface area (Å²) < 4.78 is 1.19. The van der Waals surface area contributed by atoms with Crippen molar-refractivity contribution in [3.8, 4) is 0 Å². The van der Waals surface area contributed by atoms with Gasteiger partial charge in [-0.3, -0.25) is 9.69 Å². The molecule has 1 amide bonds. The molecule has 5 nitrogen and oxygen atoms in total. The quantitative estimate of drug-likeness (QED) is 0.745. The van der Waals surface area contributed by atoms with E-state index >= 15 is 0 Å². The molecular formula is C20H29N3O2S. The SMILES string of the molecule is CC(C)CC1(CO)CCCN1CC(=O)NCCc1nc2ccccc2s1. The number of benzene rings is 1. The molecule has 0 aliphatic carbocycles. The lowest BCUT2D eigenvalue weighted by Crippen LogP contribution is -2.51. The number of nitrogens with one attached hydrogen (secondary N) is 1. The Labute approximate surface area is 159 Å². The van der Waals surface area contributed by atoms with Gasteiger partial charge < -0.3 is 10.4 Å². The van der Waals surface area contributed by atoms with Gasteiger partial charge in [0.1, 0.15) is 0 Å². The summed E-state index contributed by atoms with van der Waals surface area (Å²) >= 11 is 1.69. The maximum Gasteiger partial charge on any atom is 0.234 e. The molecule has 2 N–H and O–H groups in total. The number of rotatable bonds is 8. The monoisotopic (exact) mass is 375 g/mol. The molecule has 1 fully saturated rings. The predicted octanol–water partition coefficient (Wildman–Crippen LogP) is 2.83. The summed E-state index contributed by atoms with van der Waals surface area (Å²) in [6.07, 6.45) is 3.71. The molecule has 2 aromatic rings. The lowest BCUT2D eigenvalue weighted by atomic mass is 9.87. The Morgan fingerprint density at radius 1 is 1.42 bits per heavy atom. The highest BCUT2D eigenvalue weighted by molar-refractivity contribution is 7.18. The minimum absolute atomic E-state index is 0.0367. The summed E-state index contributed by atoms with van der Waals surface area (Å²) in [6, 6.07) is 8.11. The molecule has 0 radical (unpaired) electrons. The highest BCUT2D eigenvalue weighted by Gasteiger charge is 2.41. The van der Waals surface area contributed by atoms with Gasteiger partial charge in [-0.15, -0.1) is 11.3 Å². The Morgan fingerprint density at radius 3 is 2.96 bits per heavy atom. The average Bonchev–Trinajstić information content (AvgIpc) is 3.18. The van der Waals surface area contributed by atoms with Gasteiger partial charge in [-0.25, -0.2) is 4.98 Å². The fraction of sp³-hybridized carbons (Fsp3) is 0.600. The lowest BCUT2D eigenvalue weighted by molar-refractivity contribution is -0.123. The standard InChI is InChI=1S/C20H29N3O2S/c1-15(2)12-20(14-24)9-5-11-23(20)13-18(25)21-10-8-19-22-16-6-3-4-7-17(16)26-19/h3-4,6-7,15,24H,5,8-14H2,1-2H3,(H,21,25). The number of para-hydroxylation sites is 1. The van der Waals surface area contributed by atoms with Crippen LogP contribution in [-0.4, -0.2) is 52.7 Å². The van der Waals surface area contributed by atoms with Crippen LogP contribution in [0.4, 0.5) is 0 Å². The lowest BCUT2D eigenvalue weighted by Gasteiger charge is -2.38. The summed E-state index contributed by atoms with van der Waals surface area (Å²) in [5.41, 5.74) is 0.802. The summed E-state index contributed by atoms with van der Waals surface area (Å²) in [4.78, 5) is 19.2. The van der Waals surface area contributed by atoms with Crippen molar-refractivity contribution in [3.05, 3.63) is 29.3 Å². The Balaban J connectivity index is 1.50. The second-order valence-corrected chi connectivity index (χ2v) is 8.80. The minimum Gasteiger partial charge on any atom is -0.394 e. The smallest absolute Gasteiger partial charge is 0.234 e. The second kappa shape index (κ2) is 8.46. The van der Waals surface area contributed by atoms with Gasteiger partial charge in [0.25, 0.3) is 0 Å². The molecule has 142 valence electrons. The fourth-order valence-corrected chi connectivity index (χ4v) is 5.01. The fourth-order valence-electron chi connectivity index (χ4n) is 4.04. The van der Waals surface area contributed by atoms with Crippen LogP contribution in [0.5, 0.6) is 0 Å². The van der Waals surface area contributed by atoms with Gasteiger partial charge >= 0.3 is 0 Å². The molecule has 3 rings (SSSR count). The number of aliphatic hydroxyl groups excluding tert-OH is 1. The van der Waals surface area contributed by atoms with Gasteiger partial charge in [-0.1, -0.05) is 26.0 Å². The number of aromatic nitrogens is 1. The van der Waals surface area contributed by atoms with Crippen molar-refractivity contribution in [3.63, 3.8) is 0 Å². The normalized spacial score (nSPS) is 20.9. The highest BCUT2D eigenvalue weighted by Crippen LogP contribution is 2.34. The molecule has 1 aliphatic heterocycles. The van der Waals surface area contributed by atoms with E-state index in [1.165, 1.54) is 4.70 Å². The topological polar surface area (TPSA) is 65.5 Å². The Morgan fingerprint density at radius 2 is 2.23 bits per heavy atom. The number of nitrogens with zero attached hydrogens (tertiary/aromatic N) is 2. The number of fused-ring (bicyclic) bond motifs is 1. The van der Waals surface area contributed by atoms with Crippen LogP contribution in [-0.2, 0) is 11.2 Å². The van der Waals surface area contributed by atoms with Crippen LogP contribution in [0.15, 0.2) is 24.3 Å². The van der Waals surface area contributed by atoms with Gasteiger partial charge in [-0.2, -0.15) is 0 Å². The summed E-state index contributed by atoms with van der Waals surface area (Å²) in [5, 5.41) is 14.0. The van der Waals surface area contributed by atoms with Crippen molar-refractivity contribution < 1.29 is 9.90 Å². The number of likely N-dealkylation sites (tertiary alicyclic amines) is 1. The molecule has 0 saturated carbocycles. The van der Waals surface area contributed by atoms with Crippen LogP contribution in [0, 0.1) is 5.92 Å². The third-order valence-corrected chi connectivity index (χ3v) is 6.25. The molecule has 2 heterocycles. The van der Waals surface area contributed by atoms with E-state index in [1.54, 1.807) is 11.3 Å². The van der Waals surface area contributed by atoms with Gasteiger partial charge in [0.15, 0.2) is 0 Å². The largest absolute Gasteiger partial charge is 0.394 e. The van der Waals surface area contributed by atoms with Gasteiger partial charge in [0.2, 0.25) is 5.91 Å². The van der Waals surface area contributed by atoms with Crippen LogP contribution in [0.3, 0.4) is 0 Å². The first kappa shape index (κ1) is 19.3. The third-order valence-electron chi connectivity index (χ3n) is 5.16. The molecule has 1 aromatic heterocycles. The summed E-state index contributed by atoms with van der Waals surface area (Å²) in [7, 11) is 0. The Bertz CT molecular complexity index is 712. The van der Waals surface area contributed by atoms with E-state index in [0.29, 0.717) is 19.0 Å². The van der Waals surface area contributed by atoms with Crippen molar-refractivity contribution in [2.24, 2.45) is 5.92 Å². The van der Waals surface area contributed by atoms with Crippen LogP contribution in [0.1, 0.15) is 38.1 Å². The van der Waals surface area contributed by atoms with Crippen molar-refractivity contribution in [2.45, 2.75) is 45.1 Å². The zero-order valence-electron chi connectivity index (χ0n) is 15.7. The zero-order chi connectivity index (χ0) is 18.6. The van der Waals surface area contributed by atoms with E-state index in [2.05, 4.69) is 35.1 Å². The van der Waals surface area contributed by atoms with E-state index < -0.39 is 0 Å². The summed E-state index contributed by atoms with van der Waals surface area (Å²) in [5.74, 6) is 0.541. The van der Waals surface area contributed by atoms with E-state index in [9.17, 15) is 9.90 Å². The molecule has 1 atom stereocenters. The number of amides is 1. The number of carbonyl (C=O) groups excluding carboxylic acids is 1. The molecule has 0 spiro atoms. The molecule has 1 aromatic carbocycles. The molecule has 26 heavy (non-hydrogen) atoms. The maximum absolute atomic E-state index is 12.4. The minimum atomic E-state index is -0.224. The number of aliphatic hydroxyl groups is 1. The molecule has 1 aliphatic rings. The average molecular weight is 376 g/mol. The van der Waals surface area contributed by atoms with E-state index in [1.807, 2.05) is 18.2 Å². The molecular weight excluding hydrogens is 346 g/mol. The highest BCUT2D eigenvalue weighted by atomic mass is 32.1. The first-order valence-corrected chi connectivity index (χ1v) is 10.3. The van der Waals surface area contributed by atoms with Crippen LogP contribution in [0.25, 0.3) is 10.2 Å². The van der Waals surface area contributed by atoms with E-state index in [0.717, 1.165) is 42.8 Å². The number of hydrogen-bond donors (Lipinski definition) is 2. The van der Waals surface area contributed by atoms with Gasteiger partial charge in [-0.05, 0) is 43.9 Å². The van der Waals surface area contributed by atoms with Crippen LogP contribution >= 0.6 is 11.3 Å². The molecule has 1 saturated heterocycles. The van der Waals surface area contributed by atoms with E-state index in [-0.39, 0.29) is 18.1 Å². The maximum atomic E-state index is 12.4. The first-order valence-electron chi connectivity index (χ1n) is 9.49. The predicted molar refractivity (Wildman–Crippen MR) is 106 cm³/mol. The molecule has 0 bridgehead atoms. The number of hydrogen-bond acceptors (Lipinski definition) is 5. The van der Waals surface area contributed by atoms with Crippen molar-refractivity contribution >= 4 is 27.5 Å². The Kier molecular flexibility index (Phi) is 6.27. The summed E-state index contributed by atoms with van der Waals surface area (Å²) in [6.45, 7) is 6.33. The van der Waals surface area contributed by atoms with Gasteiger partial charge in [0, 0.05) is 18.5 Å². The van der Waals surface area contributed by atoms with E-state index in [4.69, 9.17) is 0 Å². The first-order chi connectivity index (χ1) is 12.5. The zero-order valence-corrected chi connectivity index (χ0v) is 16.5. The third kappa shape index (κ3) is 4.42. The number of thiazole rings is 1. The Hall–Kier alpha value is -1.50. The second-order valence-electron chi connectivity index (χ2n) is 7.68. The van der Waals surface area contributed by atoms with Crippen molar-refractivity contribution in [2.75, 3.05) is 26.2 Å². The van der Waals surface area contributed by atoms with Crippen LogP contribution < -0.4 is 5.32 Å². The molecule has 1 unspecified atom stereocenters. The van der Waals surface area contributed by atoms with Gasteiger partial charge in [0.05, 0.1) is 28.4 Å². The van der Waals surface area contributed by atoms with Crippen molar-refractivity contribution in [1.82, 2.24) is 15.2 Å². The molecule has 6 heteroatoms. The van der Waals surface area contributed by atoms with Crippen molar-refractivity contribution in [1.29, 1.82) is 0 Å². The van der Waals surface area contributed by atoms with Crippen LogP contribution in [0.2, 0.25) is 0 Å².